The van der Waals surface area contributed by atoms with E-state index in [4.69, 9.17) is 18.6 Å². The molecule has 0 saturated heterocycles. The van der Waals surface area contributed by atoms with Gasteiger partial charge in [-0.15, -0.1) is 0 Å². The van der Waals surface area contributed by atoms with Crippen molar-refractivity contribution in [2.45, 2.75) is 32.4 Å². The second-order valence-electron chi connectivity index (χ2n) is 6.59. The lowest BCUT2D eigenvalue weighted by Gasteiger charge is -2.18. The van der Waals surface area contributed by atoms with Crippen molar-refractivity contribution in [3.8, 4) is 11.5 Å². The molecule has 0 atom stereocenters. The third-order valence-electron chi connectivity index (χ3n) is 3.80. The molecule has 7 nitrogen and oxygen atoms in total. The van der Waals surface area contributed by atoms with Crippen LogP contribution in [0.2, 0.25) is 0 Å². The quantitative estimate of drug-likeness (QED) is 0.763. The van der Waals surface area contributed by atoms with Gasteiger partial charge in [-0.1, -0.05) is 12.1 Å². The van der Waals surface area contributed by atoms with Crippen molar-refractivity contribution in [2.75, 3.05) is 13.2 Å². The van der Waals surface area contributed by atoms with E-state index in [0.717, 1.165) is 12.0 Å². The lowest BCUT2D eigenvalue weighted by molar-refractivity contribution is -0.150. The van der Waals surface area contributed by atoms with E-state index in [1.165, 1.54) is 6.26 Å². The first-order chi connectivity index (χ1) is 12.4. The van der Waals surface area contributed by atoms with E-state index in [9.17, 15) is 9.59 Å². The zero-order valence-corrected chi connectivity index (χ0v) is 14.7. The molecule has 1 N–H and O–H groups in total. The summed E-state index contributed by atoms with van der Waals surface area (Å²) in [5.41, 5.74) is 0.743. The molecule has 0 saturated carbocycles. The van der Waals surface area contributed by atoms with Gasteiger partial charge in [0.25, 0.3) is 5.91 Å². The molecule has 0 unspecified atom stereocenters. The predicted octanol–water partition coefficient (Wildman–Crippen LogP) is 2.23. The predicted molar refractivity (Wildman–Crippen MR) is 91.9 cm³/mol. The molecule has 1 amide bonds. The maximum absolute atomic E-state index is 11.8. The number of furan rings is 1. The maximum Gasteiger partial charge on any atom is 0.344 e. The second-order valence-corrected chi connectivity index (χ2v) is 6.59. The van der Waals surface area contributed by atoms with Gasteiger partial charge in [0.1, 0.15) is 11.4 Å². The molecule has 1 aliphatic rings. The Kier molecular flexibility index (Phi) is 5.16. The highest BCUT2D eigenvalue weighted by Crippen LogP contribution is 2.41. The zero-order valence-electron chi connectivity index (χ0n) is 14.7. The summed E-state index contributed by atoms with van der Waals surface area (Å²) in [5.74, 6) is 0.719. The Bertz CT molecular complexity index is 781. The summed E-state index contributed by atoms with van der Waals surface area (Å²) in [7, 11) is 0. The van der Waals surface area contributed by atoms with E-state index in [1.54, 1.807) is 18.2 Å². The van der Waals surface area contributed by atoms with Gasteiger partial charge in [-0.2, -0.15) is 0 Å². The number of para-hydroxylation sites is 1. The van der Waals surface area contributed by atoms with Gasteiger partial charge in [0.2, 0.25) is 0 Å². The van der Waals surface area contributed by atoms with Crippen molar-refractivity contribution in [1.29, 1.82) is 0 Å². The third kappa shape index (κ3) is 4.56. The minimum absolute atomic E-state index is 0.239. The average Bonchev–Trinajstić information content (AvgIpc) is 3.22. The van der Waals surface area contributed by atoms with Gasteiger partial charge < -0.3 is 23.9 Å². The fourth-order valence-corrected chi connectivity index (χ4v) is 2.68. The number of hydrogen-bond donors (Lipinski definition) is 1. The fourth-order valence-electron chi connectivity index (χ4n) is 2.68. The minimum Gasteiger partial charge on any atom is -0.483 e. The molecule has 0 fully saturated rings. The van der Waals surface area contributed by atoms with Gasteiger partial charge in [0.05, 0.1) is 12.8 Å². The number of amides is 1. The summed E-state index contributed by atoms with van der Waals surface area (Å²) < 4.78 is 21.4. The molecule has 0 bridgehead atoms. The van der Waals surface area contributed by atoms with Crippen LogP contribution in [0.3, 0.4) is 0 Å². The summed E-state index contributed by atoms with van der Waals surface area (Å²) in [6, 6.07) is 9.03. The first-order valence-electron chi connectivity index (χ1n) is 8.31. The Morgan fingerprint density at radius 2 is 2.04 bits per heavy atom. The van der Waals surface area contributed by atoms with E-state index in [2.05, 4.69) is 5.32 Å². The molecule has 1 aromatic heterocycles. The van der Waals surface area contributed by atoms with Crippen molar-refractivity contribution >= 4 is 11.9 Å². The zero-order chi connectivity index (χ0) is 18.6. The van der Waals surface area contributed by atoms with Crippen LogP contribution in [0.25, 0.3) is 0 Å². The number of esters is 1. The molecule has 2 aromatic rings. The third-order valence-corrected chi connectivity index (χ3v) is 3.80. The highest BCUT2D eigenvalue weighted by atomic mass is 16.6. The van der Waals surface area contributed by atoms with Crippen LogP contribution in [0, 0.1) is 0 Å². The lowest BCUT2D eigenvalue weighted by atomic mass is 10.0. The van der Waals surface area contributed by atoms with E-state index >= 15 is 0 Å². The Morgan fingerprint density at radius 1 is 1.19 bits per heavy atom. The molecular weight excluding hydrogens is 338 g/mol. The van der Waals surface area contributed by atoms with Crippen LogP contribution in [0.5, 0.6) is 11.5 Å². The topological polar surface area (TPSA) is 87.0 Å². The number of carbonyl (C=O) groups is 2. The van der Waals surface area contributed by atoms with Crippen LogP contribution in [-0.2, 0) is 27.3 Å². The summed E-state index contributed by atoms with van der Waals surface area (Å²) >= 11 is 0. The number of hydrogen-bond acceptors (Lipinski definition) is 6. The number of carbonyl (C=O) groups excluding carboxylic acids is 2. The van der Waals surface area contributed by atoms with Gasteiger partial charge in [-0.3, -0.25) is 4.79 Å². The molecule has 26 heavy (non-hydrogen) atoms. The molecule has 0 spiro atoms. The van der Waals surface area contributed by atoms with Crippen LogP contribution in [0.1, 0.15) is 25.2 Å². The molecule has 0 radical (unpaired) electrons. The number of fused-ring (bicyclic) bond motifs is 1. The number of rotatable bonds is 7. The van der Waals surface area contributed by atoms with Gasteiger partial charge in [0, 0.05) is 12.0 Å². The maximum atomic E-state index is 11.8. The lowest BCUT2D eigenvalue weighted by Crippen LogP contribution is -2.29. The van der Waals surface area contributed by atoms with E-state index < -0.39 is 11.9 Å². The Morgan fingerprint density at radius 3 is 2.81 bits per heavy atom. The molecular formula is C19H21NO6. The first kappa shape index (κ1) is 17.8. The van der Waals surface area contributed by atoms with E-state index in [0.29, 0.717) is 17.3 Å². The monoisotopic (exact) mass is 359 g/mol. The van der Waals surface area contributed by atoms with Crippen LogP contribution >= 0.6 is 0 Å². The van der Waals surface area contributed by atoms with Gasteiger partial charge in [0.15, 0.2) is 24.7 Å². The Balaban J connectivity index is 1.42. The smallest absolute Gasteiger partial charge is 0.344 e. The largest absolute Gasteiger partial charge is 0.483 e. The number of nitrogens with one attached hydrogen (secondary N) is 1. The SMILES string of the molecule is CC1(C)Cc2cccc(OCC(=O)OCC(=O)NCc3ccco3)c2O1. The van der Waals surface area contributed by atoms with Gasteiger partial charge in [-0.05, 0) is 32.0 Å². The van der Waals surface area contributed by atoms with Crippen molar-refractivity contribution in [2.24, 2.45) is 0 Å². The molecule has 3 rings (SSSR count). The normalized spacial score (nSPS) is 14.2. The Labute approximate surface area is 151 Å². The van der Waals surface area contributed by atoms with Crippen molar-refractivity contribution in [3.63, 3.8) is 0 Å². The summed E-state index contributed by atoms with van der Waals surface area (Å²) in [4.78, 5) is 23.4. The second kappa shape index (κ2) is 7.51. The van der Waals surface area contributed by atoms with Crippen LogP contribution < -0.4 is 14.8 Å². The molecule has 2 heterocycles. The minimum atomic E-state index is -0.631. The molecule has 7 heteroatoms. The highest BCUT2D eigenvalue weighted by molar-refractivity contribution is 5.80. The summed E-state index contributed by atoms with van der Waals surface area (Å²) in [6.07, 6.45) is 2.30. The van der Waals surface area contributed by atoms with Crippen LogP contribution in [0.4, 0.5) is 0 Å². The highest BCUT2D eigenvalue weighted by Gasteiger charge is 2.32. The average molecular weight is 359 g/mol. The number of ether oxygens (including phenoxy) is 3. The molecule has 0 aliphatic carbocycles. The standard InChI is InChI=1S/C19H21NO6/c1-19(2)9-13-5-3-7-15(18(13)26-19)24-12-17(22)25-11-16(21)20-10-14-6-4-8-23-14/h3-8H,9-12H2,1-2H3,(H,20,21). The van der Waals surface area contributed by atoms with Crippen LogP contribution in [-0.4, -0.2) is 30.7 Å². The van der Waals surface area contributed by atoms with Crippen LogP contribution in [0.15, 0.2) is 41.0 Å². The summed E-state index contributed by atoms with van der Waals surface area (Å²) in [6.45, 7) is 3.55. The van der Waals surface area contributed by atoms with Crippen molar-refractivity contribution < 1.29 is 28.2 Å². The molecule has 1 aromatic carbocycles. The van der Waals surface area contributed by atoms with Crippen molar-refractivity contribution in [1.82, 2.24) is 5.32 Å². The van der Waals surface area contributed by atoms with E-state index in [-0.39, 0.29) is 25.4 Å². The molecule has 138 valence electrons. The Hall–Kier alpha value is -2.96. The molecule has 1 aliphatic heterocycles. The number of benzene rings is 1. The fraction of sp³-hybridized carbons (Fsp3) is 0.368. The van der Waals surface area contributed by atoms with Gasteiger partial charge >= 0.3 is 5.97 Å². The van der Waals surface area contributed by atoms with Crippen molar-refractivity contribution in [3.05, 3.63) is 47.9 Å². The van der Waals surface area contributed by atoms with E-state index in [1.807, 2.05) is 26.0 Å². The van der Waals surface area contributed by atoms with Gasteiger partial charge in [-0.25, -0.2) is 4.79 Å². The first-order valence-corrected chi connectivity index (χ1v) is 8.31. The summed E-state index contributed by atoms with van der Waals surface area (Å²) in [5, 5.41) is 2.59.